The van der Waals surface area contributed by atoms with E-state index in [9.17, 15) is 9.59 Å². The fourth-order valence-corrected chi connectivity index (χ4v) is 6.02. The maximum atomic E-state index is 14.2. The second kappa shape index (κ2) is 8.78. The lowest BCUT2D eigenvalue weighted by Gasteiger charge is -2.22. The molecule has 0 saturated carbocycles. The molecule has 40 heavy (non-hydrogen) atoms. The maximum absolute atomic E-state index is 14.2. The number of aromatic nitrogens is 1. The van der Waals surface area contributed by atoms with E-state index in [0.717, 1.165) is 38.6 Å². The molecule has 6 aromatic rings. The summed E-state index contributed by atoms with van der Waals surface area (Å²) in [6, 6.07) is 37.9. The number of nitrogens with zero attached hydrogens (tertiary/aromatic N) is 2. The highest BCUT2D eigenvalue weighted by Crippen LogP contribution is 2.41. The standard InChI is InChI=1S/C36H28N2O2/c1-36(2,3)29-19-10-17-27-26-16-7-8-20-30(26)38(33(27)29)31-21-11-18-28-32(31)35(40)37(34(28)39)25-15-9-14-24(22-25)23-12-5-4-6-13-23/h4-22H,1-3H3. The summed E-state index contributed by atoms with van der Waals surface area (Å²) in [4.78, 5) is 29.4. The van der Waals surface area contributed by atoms with Gasteiger partial charge in [-0.15, -0.1) is 0 Å². The van der Waals surface area contributed by atoms with Crippen molar-refractivity contribution in [2.75, 3.05) is 4.90 Å². The largest absolute Gasteiger partial charge is 0.308 e. The minimum atomic E-state index is -0.306. The van der Waals surface area contributed by atoms with Gasteiger partial charge >= 0.3 is 0 Å². The Morgan fingerprint density at radius 2 is 1.27 bits per heavy atom. The van der Waals surface area contributed by atoms with Crippen LogP contribution in [0.5, 0.6) is 0 Å². The van der Waals surface area contributed by atoms with E-state index < -0.39 is 0 Å². The lowest BCUT2D eigenvalue weighted by Crippen LogP contribution is -2.29. The van der Waals surface area contributed by atoms with Gasteiger partial charge < -0.3 is 4.57 Å². The summed E-state index contributed by atoms with van der Waals surface area (Å²) in [5, 5.41) is 2.25. The molecule has 2 heterocycles. The smallest absolute Gasteiger partial charge is 0.268 e. The van der Waals surface area contributed by atoms with Gasteiger partial charge in [0.15, 0.2) is 0 Å². The molecular formula is C36H28N2O2. The Bertz CT molecular complexity index is 1980. The second-order valence-electron chi connectivity index (χ2n) is 11.4. The van der Waals surface area contributed by atoms with Crippen molar-refractivity contribution >= 4 is 39.3 Å². The van der Waals surface area contributed by atoms with Gasteiger partial charge in [0, 0.05) is 10.8 Å². The van der Waals surface area contributed by atoms with Crippen LogP contribution in [0, 0.1) is 0 Å². The lowest BCUT2D eigenvalue weighted by molar-refractivity contribution is 0.0926. The van der Waals surface area contributed by atoms with Gasteiger partial charge in [0.05, 0.1) is 33.5 Å². The third-order valence-corrected chi connectivity index (χ3v) is 7.85. The first-order valence-electron chi connectivity index (χ1n) is 13.5. The minimum Gasteiger partial charge on any atom is -0.308 e. The fraction of sp³-hybridized carbons (Fsp3) is 0.111. The van der Waals surface area contributed by atoms with E-state index in [1.54, 1.807) is 6.07 Å². The normalized spacial score (nSPS) is 13.4. The van der Waals surface area contributed by atoms with Crippen LogP contribution in [0.4, 0.5) is 5.69 Å². The highest BCUT2D eigenvalue weighted by Gasteiger charge is 2.39. The van der Waals surface area contributed by atoms with Crippen molar-refractivity contribution in [3.63, 3.8) is 0 Å². The second-order valence-corrected chi connectivity index (χ2v) is 11.4. The van der Waals surface area contributed by atoms with Crippen LogP contribution < -0.4 is 4.90 Å². The van der Waals surface area contributed by atoms with Gasteiger partial charge in [-0.1, -0.05) is 106 Å². The molecule has 2 amide bonds. The zero-order chi connectivity index (χ0) is 27.6. The van der Waals surface area contributed by atoms with E-state index >= 15 is 0 Å². The van der Waals surface area contributed by atoms with Crippen molar-refractivity contribution in [3.05, 3.63) is 132 Å². The predicted molar refractivity (Wildman–Crippen MR) is 162 cm³/mol. The van der Waals surface area contributed by atoms with Crippen LogP contribution in [0.3, 0.4) is 0 Å². The molecule has 0 radical (unpaired) electrons. The predicted octanol–water partition coefficient (Wildman–Crippen LogP) is 8.55. The molecule has 0 spiro atoms. The monoisotopic (exact) mass is 520 g/mol. The number of para-hydroxylation sites is 2. The highest BCUT2D eigenvalue weighted by atomic mass is 16.2. The molecule has 0 saturated heterocycles. The van der Waals surface area contributed by atoms with E-state index in [0.29, 0.717) is 16.8 Å². The van der Waals surface area contributed by atoms with Crippen LogP contribution in [0.1, 0.15) is 47.1 Å². The Balaban J connectivity index is 1.46. The molecule has 0 fully saturated rings. The van der Waals surface area contributed by atoms with Crippen LogP contribution in [-0.4, -0.2) is 16.4 Å². The SMILES string of the molecule is CC(C)(C)c1cccc2c3ccccc3n(-c3cccc4c3C(=O)N(c3cccc(-c5ccccc5)c3)C4=O)c12. The van der Waals surface area contributed by atoms with Gasteiger partial charge in [-0.2, -0.15) is 0 Å². The number of fused-ring (bicyclic) bond motifs is 4. The number of hydrogen-bond acceptors (Lipinski definition) is 2. The van der Waals surface area contributed by atoms with Gasteiger partial charge in [0.25, 0.3) is 11.8 Å². The van der Waals surface area contributed by atoms with E-state index in [-0.39, 0.29) is 17.2 Å². The number of imide groups is 1. The van der Waals surface area contributed by atoms with Crippen LogP contribution in [0.2, 0.25) is 0 Å². The van der Waals surface area contributed by atoms with Crippen molar-refractivity contribution in [3.8, 4) is 16.8 Å². The quantitative estimate of drug-likeness (QED) is 0.219. The molecule has 4 heteroatoms. The van der Waals surface area contributed by atoms with E-state index in [2.05, 4.69) is 55.7 Å². The van der Waals surface area contributed by atoms with Crippen molar-refractivity contribution < 1.29 is 9.59 Å². The van der Waals surface area contributed by atoms with Gasteiger partial charge in [-0.25, -0.2) is 4.90 Å². The zero-order valence-corrected chi connectivity index (χ0v) is 22.7. The topological polar surface area (TPSA) is 42.3 Å². The zero-order valence-electron chi connectivity index (χ0n) is 22.7. The Hall–Kier alpha value is -4.96. The van der Waals surface area contributed by atoms with Crippen molar-refractivity contribution in [1.82, 2.24) is 4.57 Å². The molecule has 1 aliphatic heterocycles. The maximum Gasteiger partial charge on any atom is 0.268 e. The van der Waals surface area contributed by atoms with Gasteiger partial charge in [-0.05, 0) is 52.4 Å². The van der Waals surface area contributed by atoms with E-state index in [1.165, 1.54) is 10.5 Å². The molecule has 1 aliphatic rings. The summed E-state index contributed by atoms with van der Waals surface area (Å²) in [6.07, 6.45) is 0. The molecule has 0 atom stereocenters. The Morgan fingerprint density at radius 1 is 0.600 bits per heavy atom. The first-order valence-corrected chi connectivity index (χ1v) is 13.5. The molecule has 0 bridgehead atoms. The van der Waals surface area contributed by atoms with Crippen molar-refractivity contribution in [2.24, 2.45) is 0 Å². The number of carbonyl (C=O) groups excluding carboxylic acids is 2. The number of anilines is 1. The molecule has 0 N–H and O–H groups in total. The molecule has 4 nitrogen and oxygen atoms in total. The highest BCUT2D eigenvalue weighted by molar-refractivity contribution is 6.36. The van der Waals surface area contributed by atoms with Crippen LogP contribution in [0.25, 0.3) is 38.6 Å². The average Bonchev–Trinajstić information content (AvgIpc) is 3.44. The summed E-state index contributed by atoms with van der Waals surface area (Å²) in [6.45, 7) is 6.61. The fourth-order valence-electron chi connectivity index (χ4n) is 6.02. The number of amides is 2. The third-order valence-electron chi connectivity index (χ3n) is 7.85. The lowest BCUT2D eigenvalue weighted by atomic mass is 9.85. The number of rotatable bonds is 3. The molecule has 1 aromatic heterocycles. The number of benzene rings is 5. The molecule has 0 unspecified atom stereocenters. The molecular weight excluding hydrogens is 492 g/mol. The summed E-state index contributed by atoms with van der Waals surface area (Å²) in [5.74, 6) is -0.608. The molecule has 0 aliphatic carbocycles. The van der Waals surface area contributed by atoms with Crippen molar-refractivity contribution in [2.45, 2.75) is 26.2 Å². The first kappa shape index (κ1) is 24.1. The van der Waals surface area contributed by atoms with Crippen LogP contribution >= 0.6 is 0 Å². The van der Waals surface area contributed by atoms with Gasteiger partial charge in [0.1, 0.15) is 0 Å². The van der Waals surface area contributed by atoms with E-state index in [4.69, 9.17) is 0 Å². The van der Waals surface area contributed by atoms with Crippen molar-refractivity contribution in [1.29, 1.82) is 0 Å². The van der Waals surface area contributed by atoms with Gasteiger partial charge in [-0.3, -0.25) is 9.59 Å². The van der Waals surface area contributed by atoms with Gasteiger partial charge in [0.2, 0.25) is 0 Å². The Kier molecular flexibility index (Phi) is 5.29. The van der Waals surface area contributed by atoms with Crippen LogP contribution in [0.15, 0.2) is 115 Å². The first-order chi connectivity index (χ1) is 19.3. The van der Waals surface area contributed by atoms with Crippen LogP contribution in [-0.2, 0) is 5.41 Å². The summed E-state index contributed by atoms with van der Waals surface area (Å²) in [5.41, 5.74) is 7.25. The average molecular weight is 521 g/mol. The number of hydrogen-bond donors (Lipinski definition) is 0. The summed E-state index contributed by atoms with van der Waals surface area (Å²) < 4.78 is 2.18. The number of carbonyl (C=O) groups is 2. The minimum absolute atomic E-state index is 0.132. The summed E-state index contributed by atoms with van der Waals surface area (Å²) >= 11 is 0. The molecule has 7 rings (SSSR count). The Morgan fingerprint density at radius 3 is 2.08 bits per heavy atom. The third kappa shape index (κ3) is 3.53. The van der Waals surface area contributed by atoms with E-state index in [1.807, 2.05) is 78.9 Å². The summed E-state index contributed by atoms with van der Waals surface area (Å²) in [7, 11) is 0. The molecule has 194 valence electrons. The molecule has 5 aromatic carbocycles. The Labute approximate surface area is 233 Å².